The molecule has 8 nitrogen and oxygen atoms in total. The molecule has 2 rings (SSSR count). The van der Waals surface area contributed by atoms with Crippen molar-refractivity contribution in [2.75, 3.05) is 13.1 Å². The second-order valence-electron chi connectivity index (χ2n) is 4.67. The number of carbonyl (C=O) groups excluding carboxylic acids is 2. The molecule has 1 aromatic rings. The van der Waals surface area contributed by atoms with E-state index in [0.29, 0.717) is 30.9 Å². The monoisotopic (exact) mass is 312 g/mol. The van der Waals surface area contributed by atoms with Gasteiger partial charge in [-0.3, -0.25) is 4.79 Å². The Labute approximate surface area is 124 Å². The third-order valence-electron chi connectivity index (χ3n) is 3.23. The second kappa shape index (κ2) is 6.53. The first-order chi connectivity index (χ1) is 9.99. The number of carboxylic acid groups (broad SMARTS) is 1. The molecule has 1 unspecified atom stereocenters. The molecule has 1 fully saturated rings. The van der Waals surface area contributed by atoms with E-state index in [0.717, 1.165) is 6.42 Å². The number of hydrogen-bond acceptors (Lipinski definition) is 5. The zero-order valence-electron chi connectivity index (χ0n) is 11.2. The van der Waals surface area contributed by atoms with Crippen molar-refractivity contribution < 1.29 is 19.5 Å². The highest BCUT2D eigenvalue weighted by molar-refractivity contribution is 7.09. The molecule has 21 heavy (non-hydrogen) atoms. The standard InChI is InChI=1S/C12H16N4O4S/c13-10(17)8-2-1-5-16(8)12(20)14-4-3-9-15-7(6-21-9)11(18)19/h6,8H,1-5H2,(H2,13,17)(H,14,20)(H,18,19). The number of rotatable bonds is 5. The van der Waals surface area contributed by atoms with E-state index in [9.17, 15) is 14.4 Å². The van der Waals surface area contributed by atoms with Crippen molar-refractivity contribution in [3.63, 3.8) is 0 Å². The summed E-state index contributed by atoms with van der Waals surface area (Å²) in [6.07, 6.45) is 1.80. The molecule has 0 bridgehead atoms. The molecule has 1 aliphatic rings. The van der Waals surface area contributed by atoms with Crippen LogP contribution in [-0.2, 0) is 11.2 Å². The Morgan fingerprint density at radius 1 is 1.52 bits per heavy atom. The van der Waals surface area contributed by atoms with Gasteiger partial charge in [-0.05, 0) is 12.8 Å². The highest BCUT2D eigenvalue weighted by Gasteiger charge is 2.32. The van der Waals surface area contributed by atoms with E-state index in [1.54, 1.807) is 0 Å². The number of aromatic carboxylic acids is 1. The summed E-state index contributed by atoms with van der Waals surface area (Å²) in [7, 11) is 0. The third-order valence-corrected chi connectivity index (χ3v) is 4.14. The Balaban J connectivity index is 1.81. The van der Waals surface area contributed by atoms with Gasteiger partial charge in [-0.15, -0.1) is 11.3 Å². The fourth-order valence-electron chi connectivity index (χ4n) is 2.21. The fraction of sp³-hybridized carbons (Fsp3) is 0.500. The lowest BCUT2D eigenvalue weighted by atomic mass is 10.2. The van der Waals surface area contributed by atoms with Gasteiger partial charge in [0.1, 0.15) is 6.04 Å². The van der Waals surface area contributed by atoms with Crippen LogP contribution in [0.25, 0.3) is 0 Å². The fourth-order valence-corrected chi connectivity index (χ4v) is 2.98. The lowest BCUT2D eigenvalue weighted by molar-refractivity contribution is -0.121. The number of likely N-dealkylation sites (tertiary alicyclic amines) is 1. The second-order valence-corrected chi connectivity index (χ2v) is 5.61. The number of urea groups is 1. The molecule has 114 valence electrons. The molecule has 1 aromatic heterocycles. The number of carboxylic acids is 1. The summed E-state index contributed by atoms with van der Waals surface area (Å²) >= 11 is 1.24. The third kappa shape index (κ3) is 3.69. The van der Waals surface area contributed by atoms with E-state index in [-0.39, 0.29) is 11.7 Å². The number of primary amides is 1. The normalized spacial score (nSPS) is 17.7. The Hall–Kier alpha value is -2.16. The summed E-state index contributed by atoms with van der Waals surface area (Å²) in [6, 6.07) is -0.866. The van der Waals surface area contributed by atoms with Crippen LogP contribution in [0.1, 0.15) is 28.3 Å². The van der Waals surface area contributed by atoms with Crippen molar-refractivity contribution in [2.24, 2.45) is 5.73 Å². The summed E-state index contributed by atoms with van der Waals surface area (Å²) in [6.45, 7) is 0.841. The van der Waals surface area contributed by atoms with Crippen LogP contribution in [0.4, 0.5) is 4.79 Å². The minimum absolute atomic E-state index is 0.00895. The predicted molar refractivity (Wildman–Crippen MR) is 75.1 cm³/mol. The first kappa shape index (κ1) is 15.2. The molecule has 4 N–H and O–H groups in total. The Bertz CT molecular complexity index is 559. The molecule has 0 radical (unpaired) electrons. The molecule has 1 aliphatic heterocycles. The molecule has 0 saturated carbocycles. The average Bonchev–Trinajstić information content (AvgIpc) is 3.07. The van der Waals surface area contributed by atoms with E-state index in [1.165, 1.54) is 21.6 Å². The van der Waals surface area contributed by atoms with Crippen molar-refractivity contribution in [1.82, 2.24) is 15.2 Å². The van der Waals surface area contributed by atoms with E-state index >= 15 is 0 Å². The van der Waals surface area contributed by atoms with Gasteiger partial charge in [0.05, 0.1) is 5.01 Å². The van der Waals surface area contributed by atoms with Gasteiger partial charge in [0.15, 0.2) is 5.69 Å². The van der Waals surface area contributed by atoms with Crippen LogP contribution >= 0.6 is 11.3 Å². The molecule has 0 spiro atoms. The quantitative estimate of drug-likeness (QED) is 0.708. The Kier molecular flexibility index (Phi) is 4.73. The van der Waals surface area contributed by atoms with Gasteiger partial charge >= 0.3 is 12.0 Å². The van der Waals surface area contributed by atoms with Crippen molar-refractivity contribution >= 4 is 29.2 Å². The van der Waals surface area contributed by atoms with Gasteiger partial charge < -0.3 is 21.1 Å². The molecule has 0 aliphatic carbocycles. The van der Waals surface area contributed by atoms with Crippen LogP contribution in [0.3, 0.4) is 0 Å². The van der Waals surface area contributed by atoms with E-state index in [2.05, 4.69) is 10.3 Å². The Morgan fingerprint density at radius 3 is 2.90 bits per heavy atom. The molecule has 3 amide bonds. The van der Waals surface area contributed by atoms with Crippen molar-refractivity contribution in [2.45, 2.75) is 25.3 Å². The molecule has 2 heterocycles. The molecule has 0 aromatic carbocycles. The van der Waals surface area contributed by atoms with Crippen LogP contribution in [0, 0.1) is 0 Å². The number of carbonyl (C=O) groups is 3. The Morgan fingerprint density at radius 2 is 2.29 bits per heavy atom. The average molecular weight is 312 g/mol. The summed E-state index contributed by atoms with van der Waals surface area (Å²) in [5, 5.41) is 13.6. The minimum Gasteiger partial charge on any atom is -0.476 e. The topological polar surface area (TPSA) is 126 Å². The van der Waals surface area contributed by atoms with Gasteiger partial charge in [0.2, 0.25) is 5.91 Å². The van der Waals surface area contributed by atoms with Gasteiger partial charge in [0, 0.05) is 24.9 Å². The highest BCUT2D eigenvalue weighted by atomic mass is 32.1. The molecular weight excluding hydrogens is 296 g/mol. The number of thiazole rings is 1. The van der Waals surface area contributed by atoms with Crippen molar-refractivity contribution in [3.8, 4) is 0 Å². The van der Waals surface area contributed by atoms with Crippen LogP contribution in [0.2, 0.25) is 0 Å². The highest BCUT2D eigenvalue weighted by Crippen LogP contribution is 2.16. The van der Waals surface area contributed by atoms with Gasteiger partial charge in [-0.25, -0.2) is 14.6 Å². The molecule has 1 saturated heterocycles. The summed E-state index contributed by atoms with van der Waals surface area (Å²) < 4.78 is 0. The van der Waals surface area contributed by atoms with E-state index in [4.69, 9.17) is 10.8 Å². The van der Waals surface area contributed by atoms with Gasteiger partial charge in [-0.1, -0.05) is 0 Å². The summed E-state index contributed by atoms with van der Waals surface area (Å²) in [5.74, 6) is -1.56. The number of nitrogens with one attached hydrogen (secondary N) is 1. The number of amides is 3. The number of hydrogen-bond donors (Lipinski definition) is 3. The van der Waals surface area contributed by atoms with E-state index in [1.807, 2.05) is 0 Å². The maximum absolute atomic E-state index is 12.0. The lowest BCUT2D eigenvalue weighted by Crippen LogP contribution is -2.48. The molecule has 9 heteroatoms. The van der Waals surface area contributed by atoms with Crippen molar-refractivity contribution in [1.29, 1.82) is 0 Å². The van der Waals surface area contributed by atoms with Gasteiger partial charge in [0.25, 0.3) is 0 Å². The lowest BCUT2D eigenvalue weighted by Gasteiger charge is -2.22. The van der Waals surface area contributed by atoms with Crippen LogP contribution in [0.15, 0.2) is 5.38 Å². The zero-order chi connectivity index (χ0) is 15.4. The van der Waals surface area contributed by atoms with Crippen LogP contribution in [0.5, 0.6) is 0 Å². The summed E-state index contributed by atoms with van der Waals surface area (Å²) in [4.78, 5) is 39.2. The minimum atomic E-state index is -1.07. The number of aromatic nitrogens is 1. The number of nitrogens with zero attached hydrogens (tertiary/aromatic N) is 2. The van der Waals surface area contributed by atoms with E-state index < -0.39 is 17.9 Å². The molecule has 1 atom stereocenters. The van der Waals surface area contributed by atoms with Gasteiger partial charge in [-0.2, -0.15) is 0 Å². The largest absolute Gasteiger partial charge is 0.476 e. The zero-order valence-corrected chi connectivity index (χ0v) is 12.1. The van der Waals surface area contributed by atoms with Crippen LogP contribution in [-0.4, -0.2) is 52.0 Å². The van der Waals surface area contributed by atoms with Crippen LogP contribution < -0.4 is 11.1 Å². The smallest absolute Gasteiger partial charge is 0.355 e. The predicted octanol–water partition coefficient (Wildman–Crippen LogP) is 0.0431. The SMILES string of the molecule is NC(=O)C1CCCN1C(=O)NCCc1nc(C(=O)O)cs1. The number of nitrogens with two attached hydrogens (primary N) is 1. The first-order valence-corrected chi connectivity index (χ1v) is 7.38. The maximum Gasteiger partial charge on any atom is 0.355 e. The molecular formula is C12H16N4O4S. The maximum atomic E-state index is 12.0. The first-order valence-electron chi connectivity index (χ1n) is 6.50. The van der Waals surface area contributed by atoms with Crippen molar-refractivity contribution in [3.05, 3.63) is 16.1 Å². The summed E-state index contributed by atoms with van der Waals surface area (Å²) in [5.41, 5.74) is 5.26.